The zero-order valence-electron chi connectivity index (χ0n) is 14.0. The van der Waals surface area contributed by atoms with Crippen molar-refractivity contribution >= 4 is 0 Å². The number of rotatable bonds is 8. The maximum atomic E-state index is 3.88. The Hall–Kier alpha value is -0.820. The van der Waals surface area contributed by atoms with E-state index in [0.29, 0.717) is 6.04 Å². The van der Waals surface area contributed by atoms with E-state index < -0.39 is 0 Å². The van der Waals surface area contributed by atoms with Crippen LogP contribution < -0.4 is 5.32 Å². The Morgan fingerprint density at radius 1 is 1.00 bits per heavy atom. The minimum absolute atomic E-state index is 0.575. The molecule has 1 fully saturated rings. The molecular formula is C20H33N. The molecule has 2 rings (SSSR count). The van der Waals surface area contributed by atoms with Gasteiger partial charge in [-0.2, -0.15) is 0 Å². The monoisotopic (exact) mass is 287 g/mol. The Kier molecular flexibility index (Phi) is 7.29. The average molecular weight is 287 g/mol. The first-order chi connectivity index (χ1) is 10.3. The summed E-state index contributed by atoms with van der Waals surface area (Å²) in [7, 11) is 0. The molecule has 1 unspecified atom stereocenters. The van der Waals surface area contributed by atoms with E-state index in [1.54, 1.807) is 0 Å². The van der Waals surface area contributed by atoms with Crippen molar-refractivity contribution in [2.24, 2.45) is 11.8 Å². The molecule has 1 aliphatic rings. The summed E-state index contributed by atoms with van der Waals surface area (Å²) >= 11 is 0. The fraction of sp³-hybridized carbons (Fsp3) is 0.700. The molecule has 0 bridgehead atoms. The summed E-state index contributed by atoms with van der Waals surface area (Å²) in [5.74, 6) is 1.68. The summed E-state index contributed by atoms with van der Waals surface area (Å²) < 4.78 is 0. The van der Waals surface area contributed by atoms with E-state index in [2.05, 4.69) is 49.5 Å². The maximum Gasteiger partial charge on any atom is 0.0348 e. The molecule has 1 aromatic carbocycles. The Morgan fingerprint density at radius 3 is 2.38 bits per heavy atom. The Labute approximate surface area is 131 Å². The molecule has 118 valence electrons. The summed E-state index contributed by atoms with van der Waals surface area (Å²) in [5, 5.41) is 3.88. The predicted molar refractivity (Wildman–Crippen MR) is 92.4 cm³/mol. The number of unbranched alkanes of at least 4 members (excludes halogenated alkanes) is 1. The van der Waals surface area contributed by atoms with Gasteiger partial charge in [-0.3, -0.25) is 0 Å². The first-order valence-electron chi connectivity index (χ1n) is 9.05. The molecule has 1 atom stereocenters. The van der Waals surface area contributed by atoms with Crippen LogP contribution in [0.15, 0.2) is 30.3 Å². The molecule has 1 nitrogen and oxygen atoms in total. The summed E-state index contributed by atoms with van der Waals surface area (Å²) in [5.41, 5.74) is 1.49. The first-order valence-corrected chi connectivity index (χ1v) is 9.05. The topological polar surface area (TPSA) is 12.0 Å². The van der Waals surface area contributed by atoms with E-state index in [1.165, 1.54) is 63.5 Å². The quantitative estimate of drug-likeness (QED) is 0.603. The lowest BCUT2D eigenvalue weighted by Gasteiger charge is -2.31. The van der Waals surface area contributed by atoms with Crippen LogP contribution in [0.5, 0.6) is 0 Å². The third-order valence-electron chi connectivity index (χ3n) is 4.85. The Morgan fingerprint density at radius 2 is 1.71 bits per heavy atom. The van der Waals surface area contributed by atoms with Gasteiger partial charge in [0.2, 0.25) is 0 Å². The van der Waals surface area contributed by atoms with Crippen LogP contribution in [0.25, 0.3) is 0 Å². The van der Waals surface area contributed by atoms with Crippen molar-refractivity contribution in [2.45, 2.75) is 71.3 Å². The van der Waals surface area contributed by atoms with Crippen molar-refractivity contribution in [1.82, 2.24) is 5.32 Å². The molecular weight excluding hydrogens is 254 g/mol. The Balaban J connectivity index is 1.86. The lowest BCUT2D eigenvalue weighted by Crippen LogP contribution is -2.30. The number of benzene rings is 1. The van der Waals surface area contributed by atoms with E-state index in [1.807, 2.05) is 0 Å². The highest BCUT2D eigenvalue weighted by Crippen LogP contribution is 2.34. The zero-order chi connectivity index (χ0) is 14.9. The molecule has 1 N–H and O–H groups in total. The van der Waals surface area contributed by atoms with Crippen LogP contribution in [-0.4, -0.2) is 6.54 Å². The molecule has 1 heteroatoms. The molecule has 0 radical (unpaired) electrons. The van der Waals surface area contributed by atoms with Gasteiger partial charge in [-0.1, -0.05) is 76.3 Å². The minimum Gasteiger partial charge on any atom is -0.310 e. The summed E-state index contributed by atoms with van der Waals surface area (Å²) in [6, 6.07) is 11.7. The molecule has 1 saturated carbocycles. The van der Waals surface area contributed by atoms with Gasteiger partial charge >= 0.3 is 0 Å². The highest BCUT2D eigenvalue weighted by Gasteiger charge is 2.24. The number of hydrogen-bond donors (Lipinski definition) is 1. The standard InChI is InChI=1S/C20H33N/c1-17(2)11-9-10-16-21-20(18-12-5-3-6-13-18)19-14-7-4-8-15-19/h3,5-6,12-13,17,19-21H,4,7-11,14-16H2,1-2H3. The minimum atomic E-state index is 0.575. The Bertz CT molecular complexity index is 365. The van der Waals surface area contributed by atoms with Crippen LogP contribution in [-0.2, 0) is 0 Å². The number of hydrogen-bond acceptors (Lipinski definition) is 1. The summed E-state index contributed by atoms with van der Waals surface area (Å²) in [6.07, 6.45) is 11.1. The van der Waals surface area contributed by atoms with E-state index in [4.69, 9.17) is 0 Å². The maximum absolute atomic E-state index is 3.88. The second kappa shape index (κ2) is 9.25. The molecule has 0 amide bonds. The van der Waals surface area contributed by atoms with E-state index in [9.17, 15) is 0 Å². The van der Waals surface area contributed by atoms with Crippen molar-refractivity contribution in [1.29, 1.82) is 0 Å². The fourth-order valence-corrected chi connectivity index (χ4v) is 3.62. The normalized spacial score (nSPS) is 18.0. The summed E-state index contributed by atoms with van der Waals surface area (Å²) in [6.45, 7) is 5.81. The lowest BCUT2D eigenvalue weighted by molar-refractivity contribution is 0.270. The van der Waals surface area contributed by atoms with Gasteiger partial charge in [0.1, 0.15) is 0 Å². The third-order valence-corrected chi connectivity index (χ3v) is 4.85. The van der Waals surface area contributed by atoms with Crippen molar-refractivity contribution in [3.8, 4) is 0 Å². The summed E-state index contributed by atoms with van der Waals surface area (Å²) in [4.78, 5) is 0. The van der Waals surface area contributed by atoms with E-state index >= 15 is 0 Å². The van der Waals surface area contributed by atoms with Crippen LogP contribution in [0.4, 0.5) is 0 Å². The fourth-order valence-electron chi connectivity index (χ4n) is 3.62. The highest BCUT2D eigenvalue weighted by atomic mass is 14.9. The molecule has 0 aliphatic heterocycles. The van der Waals surface area contributed by atoms with Crippen LogP contribution in [0, 0.1) is 11.8 Å². The van der Waals surface area contributed by atoms with Gasteiger partial charge < -0.3 is 5.32 Å². The molecule has 1 aromatic rings. The second-order valence-electron chi connectivity index (χ2n) is 7.13. The molecule has 1 aliphatic carbocycles. The third kappa shape index (κ3) is 5.82. The first kappa shape index (κ1) is 16.5. The smallest absolute Gasteiger partial charge is 0.0348 e. The predicted octanol–water partition coefficient (Wildman–Crippen LogP) is 5.72. The molecule has 21 heavy (non-hydrogen) atoms. The van der Waals surface area contributed by atoms with Crippen LogP contribution in [0.2, 0.25) is 0 Å². The van der Waals surface area contributed by atoms with Gasteiger partial charge in [-0.25, -0.2) is 0 Å². The average Bonchev–Trinajstić information content (AvgIpc) is 2.52. The lowest BCUT2D eigenvalue weighted by atomic mass is 9.81. The van der Waals surface area contributed by atoms with Gasteiger partial charge in [-0.15, -0.1) is 0 Å². The second-order valence-corrected chi connectivity index (χ2v) is 7.13. The molecule has 0 heterocycles. The molecule has 0 saturated heterocycles. The van der Waals surface area contributed by atoms with Gasteiger partial charge in [0.15, 0.2) is 0 Å². The van der Waals surface area contributed by atoms with Crippen LogP contribution in [0.3, 0.4) is 0 Å². The SMILES string of the molecule is CC(C)CCCCNC(c1ccccc1)C1CCCCC1. The van der Waals surface area contributed by atoms with Crippen LogP contribution >= 0.6 is 0 Å². The van der Waals surface area contributed by atoms with Crippen molar-refractivity contribution < 1.29 is 0 Å². The van der Waals surface area contributed by atoms with Gasteiger partial charge in [0, 0.05) is 6.04 Å². The highest BCUT2D eigenvalue weighted by molar-refractivity contribution is 5.19. The van der Waals surface area contributed by atoms with Crippen molar-refractivity contribution in [3.63, 3.8) is 0 Å². The van der Waals surface area contributed by atoms with Crippen molar-refractivity contribution in [2.75, 3.05) is 6.54 Å². The van der Waals surface area contributed by atoms with Crippen LogP contribution in [0.1, 0.15) is 76.8 Å². The van der Waals surface area contributed by atoms with Gasteiger partial charge in [0.25, 0.3) is 0 Å². The van der Waals surface area contributed by atoms with Gasteiger partial charge in [-0.05, 0) is 43.2 Å². The molecule has 0 aromatic heterocycles. The van der Waals surface area contributed by atoms with E-state index in [-0.39, 0.29) is 0 Å². The van der Waals surface area contributed by atoms with Crippen molar-refractivity contribution in [3.05, 3.63) is 35.9 Å². The zero-order valence-corrected chi connectivity index (χ0v) is 14.0. The van der Waals surface area contributed by atoms with Gasteiger partial charge in [0.05, 0.1) is 0 Å². The molecule has 0 spiro atoms. The largest absolute Gasteiger partial charge is 0.310 e. The number of nitrogens with one attached hydrogen (secondary N) is 1. The van der Waals surface area contributed by atoms with E-state index in [0.717, 1.165) is 11.8 Å².